The Labute approximate surface area is 130 Å². The van der Waals surface area contributed by atoms with E-state index in [9.17, 15) is 4.79 Å². The van der Waals surface area contributed by atoms with E-state index in [1.165, 1.54) is 0 Å². The first-order valence-electron chi connectivity index (χ1n) is 6.51. The fraction of sp³-hybridized carbons (Fsp3) is 0.200. The molecule has 21 heavy (non-hydrogen) atoms. The molecular formula is C15H13BrN2O3. The molecule has 0 unspecified atom stereocenters. The molecular weight excluding hydrogens is 336 g/mol. The van der Waals surface area contributed by atoms with Crippen LogP contribution in [0.2, 0.25) is 0 Å². The Balaban J connectivity index is 1.57. The summed E-state index contributed by atoms with van der Waals surface area (Å²) in [7, 11) is 0. The Bertz CT molecular complexity index is 667. The lowest BCUT2D eigenvalue weighted by atomic mass is 10.0. The third-order valence-corrected chi connectivity index (χ3v) is 3.63. The number of nitrogens with one attached hydrogen (secondary N) is 1. The number of hydrogen-bond acceptors (Lipinski definition) is 4. The second kappa shape index (κ2) is 6.13. The van der Waals surface area contributed by atoms with Crippen LogP contribution in [0.25, 0.3) is 0 Å². The first kappa shape index (κ1) is 13.9. The minimum absolute atomic E-state index is 0.194. The fourth-order valence-electron chi connectivity index (χ4n) is 2.06. The average Bonchev–Trinajstić information content (AvgIpc) is 3.16. The molecule has 108 valence electrons. The SMILES string of the molecule is O=C(NCc1ccco1)[C@H]1CC(c2cccc(Br)c2)=NO1. The molecule has 2 aromatic rings. The third kappa shape index (κ3) is 3.33. The summed E-state index contributed by atoms with van der Waals surface area (Å²) in [6, 6.07) is 11.3. The maximum Gasteiger partial charge on any atom is 0.264 e. The van der Waals surface area contributed by atoms with Crippen molar-refractivity contribution in [2.75, 3.05) is 0 Å². The van der Waals surface area contributed by atoms with E-state index in [1.807, 2.05) is 24.3 Å². The molecule has 0 aliphatic carbocycles. The van der Waals surface area contributed by atoms with Gasteiger partial charge in [-0.1, -0.05) is 33.2 Å². The van der Waals surface area contributed by atoms with Crippen molar-refractivity contribution >= 4 is 27.5 Å². The largest absolute Gasteiger partial charge is 0.467 e. The maximum atomic E-state index is 12.0. The van der Waals surface area contributed by atoms with Crippen LogP contribution in [0.1, 0.15) is 17.7 Å². The van der Waals surface area contributed by atoms with Crippen LogP contribution in [0.3, 0.4) is 0 Å². The number of oxime groups is 1. The standard InChI is InChI=1S/C15H13BrN2O3/c16-11-4-1-3-10(7-11)13-8-14(21-18-13)15(19)17-9-12-5-2-6-20-12/h1-7,14H,8-9H2,(H,17,19)/t14-/m1/s1. The summed E-state index contributed by atoms with van der Waals surface area (Å²) in [6.45, 7) is 0.345. The molecule has 1 atom stereocenters. The monoisotopic (exact) mass is 348 g/mol. The van der Waals surface area contributed by atoms with Crippen LogP contribution in [0.5, 0.6) is 0 Å². The lowest BCUT2D eigenvalue weighted by Gasteiger charge is -2.08. The van der Waals surface area contributed by atoms with Crippen molar-refractivity contribution in [3.8, 4) is 0 Å². The molecule has 2 heterocycles. The molecule has 1 N–H and O–H groups in total. The van der Waals surface area contributed by atoms with E-state index in [0.29, 0.717) is 18.7 Å². The van der Waals surface area contributed by atoms with E-state index in [2.05, 4.69) is 26.4 Å². The molecule has 5 nitrogen and oxygen atoms in total. The Morgan fingerprint density at radius 3 is 3.05 bits per heavy atom. The number of amides is 1. The van der Waals surface area contributed by atoms with Gasteiger partial charge in [0.05, 0.1) is 18.5 Å². The normalized spacial score (nSPS) is 17.2. The number of carbonyl (C=O) groups excluding carboxylic acids is 1. The molecule has 0 saturated carbocycles. The summed E-state index contributed by atoms with van der Waals surface area (Å²) in [4.78, 5) is 17.2. The van der Waals surface area contributed by atoms with E-state index in [0.717, 1.165) is 15.7 Å². The van der Waals surface area contributed by atoms with Gasteiger partial charge in [0.1, 0.15) is 5.76 Å². The topological polar surface area (TPSA) is 63.8 Å². The van der Waals surface area contributed by atoms with Crippen molar-refractivity contribution in [1.29, 1.82) is 0 Å². The van der Waals surface area contributed by atoms with Gasteiger partial charge in [-0.3, -0.25) is 4.79 Å². The quantitative estimate of drug-likeness (QED) is 0.923. The molecule has 0 radical (unpaired) electrons. The minimum Gasteiger partial charge on any atom is -0.467 e. The summed E-state index contributed by atoms with van der Waals surface area (Å²) < 4.78 is 6.13. The molecule has 1 amide bonds. The van der Waals surface area contributed by atoms with Crippen molar-refractivity contribution in [3.63, 3.8) is 0 Å². The van der Waals surface area contributed by atoms with Gasteiger partial charge in [-0.05, 0) is 24.3 Å². The van der Waals surface area contributed by atoms with Gasteiger partial charge in [-0.2, -0.15) is 0 Å². The lowest BCUT2D eigenvalue weighted by molar-refractivity contribution is -0.131. The molecule has 0 bridgehead atoms. The summed E-state index contributed by atoms with van der Waals surface area (Å²) in [6.07, 6.45) is 1.44. The second-order valence-electron chi connectivity index (χ2n) is 4.64. The summed E-state index contributed by atoms with van der Waals surface area (Å²) >= 11 is 3.41. The maximum absolute atomic E-state index is 12.0. The van der Waals surface area contributed by atoms with Crippen molar-refractivity contribution in [1.82, 2.24) is 5.32 Å². The highest BCUT2D eigenvalue weighted by molar-refractivity contribution is 9.10. The van der Waals surface area contributed by atoms with Gasteiger partial charge in [0.25, 0.3) is 5.91 Å². The molecule has 1 aromatic heterocycles. The zero-order valence-electron chi connectivity index (χ0n) is 11.1. The van der Waals surface area contributed by atoms with Crippen LogP contribution in [-0.2, 0) is 16.2 Å². The Kier molecular flexibility index (Phi) is 4.06. The summed E-state index contributed by atoms with van der Waals surface area (Å²) in [5.74, 6) is 0.509. The van der Waals surface area contributed by atoms with Gasteiger partial charge in [0.2, 0.25) is 6.10 Å². The van der Waals surface area contributed by atoms with Crippen LogP contribution in [0.15, 0.2) is 56.7 Å². The molecule has 0 spiro atoms. The average molecular weight is 349 g/mol. The van der Waals surface area contributed by atoms with Crippen LogP contribution in [0, 0.1) is 0 Å². The number of nitrogens with zero attached hydrogens (tertiary/aromatic N) is 1. The molecule has 1 aromatic carbocycles. The highest BCUT2D eigenvalue weighted by atomic mass is 79.9. The zero-order valence-corrected chi connectivity index (χ0v) is 12.7. The van der Waals surface area contributed by atoms with E-state index in [-0.39, 0.29) is 5.91 Å². The predicted octanol–water partition coefficient (Wildman–Crippen LogP) is 2.85. The second-order valence-corrected chi connectivity index (χ2v) is 5.56. The predicted molar refractivity (Wildman–Crippen MR) is 80.7 cm³/mol. The highest BCUT2D eigenvalue weighted by Gasteiger charge is 2.28. The van der Waals surface area contributed by atoms with Crippen molar-refractivity contribution in [2.45, 2.75) is 19.1 Å². The van der Waals surface area contributed by atoms with Crippen LogP contribution in [0.4, 0.5) is 0 Å². The Morgan fingerprint density at radius 2 is 2.29 bits per heavy atom. The van der Waals surface area contributed by atoms with Crippen molar-refractivity contribution in [3.05, 3.63) is 58.5 Å². The van der Waals surface area contributed by atoms with E-state index in [1.54, 1.807) is 18.4 Å². The molecule has 3 rings (SSSR count). The fourth-order valence-corrected chi connectivity index (χ4v) is 2.46. The van der Waals surface area contributed by atoms with E-state index < -0.39 is 6.10 Å². The number of hydrogen-bond donors (Lipinski definition) is 1. The number of benzene rings is 1. The Morgan fingerprint density at radius 1 is 1.38 bits per heavy atom. The van der Waals surface area contributed by atoms with Crippen molar-refractivity contribution < 1.29 is 14.0 Å². The van der Waals surface area contributed by atoms with E-state index in [4.69, 9.17) is 9.25 Å². The molecule has 0 fully saturated rings. The lowest BCUT2D eigenvalue weighted by Crippen LogP contribution is -2.34. The molecule has 0 saturated heterocycles. The third-order valence-electron chi connectivity index (χ3n) is 3.14. The number of furan rings is 1. The first-order chi connectivity index (χ1) is 10.2. The molecule has 6 heteroatoms. The summed E-state index contributed by atoms with van der Waals surface area (Å²) in [5, 5.41) is 6.78. The van der Waals surface area contributed by atoms with Gasteiger partial charge in [0.15, 0.2) is 0 Å². The van der Waals surface area contributed by atoms with E-state index >= 15 is 0 Å². The van der Waals surface area contributed by atoms with Crippen molar-refractivity contribution in [2.24, 2.45) is 5.16 Å². The zero-order chi connectivity index (χ0) is 14.7. The van der Waals surface area contributed by atoms with Gasteiger partial charge in [0, 0.05) is 16.5 Å². The van der Waals surface area contributed by atoms with Gasteiger partial charge >= 0.3 is 0 Å². The molecule has 1 aliphatic heterocycles. The van der Waals surface area contributed by atoms with Gasteiger partial charge < -0.3 is 14.6 Å². The van der Waals surface area contributed by atoms with Gasteiger partial charge in [-0.15, -0.1) is 0 Å². The van der Waals surface area contributed by atoms with Crippen LogP contribution >= 0.6 is 15.9 Å². The van der Waals surface area contributed by atoms with Crippen LogP contribution < -0.4 is 5.32 Å². The summed E-state index contributed by atoms with van der Waals surface area (Å²) in [5.41, 5.74) is 1.72. The smallest absolute Gasteiger partial charge is 0.264 e. The number of carbonyl (C=O) groups is 1. The number of rotatable bonds is 4. The molecule has 1 aliphatic rings. The minimum atomic E-state index is -0.589. The van der Waals surface area contributed by atoms with Crippen LogP contribution in [-0.4, -0.2) is 17.7 Å². The first-order valence-corrected chi connectivity index (χ1v) is 7.30. The van der Waals surface area contributed by atoms with Gasteiger partial charge in [-0.25, -0.2) is 0 Å². The Hall–Kier alpha value is -2.08. The highest BCUT2D eigenvalue weighted by Crippen LogP contribution is 2.19. The number of halogens is 1.